The lowest BCUT2D eigenvalue weighted by atomic mass is 10.0. The molecule has 0 aliphatic rings. The number of nitriles is 1. The van der Waals surface area contributed by atoms with E-state index in [1.165, 1.54) is 12.7 Å². The Balaban J connectivity index is 1.34. The van der Waals surface area contributed by atoms with Crippen LogP contribution in [0.15, 0.2) is 85.2 Å². The monoisotopic (exact) mass is 553 g/mol. The molecule has 0 aliphatic heterocycles. The first-order valence-corrected chi connectivity index (χ1v) is 13.1. The minimum absolute atomic E-state index is 0.403. The van der Waals surface area contributed by atoms with Crippen LogP contribution in [-0.2, 0) is 13.0 Å². The maximum Gasteiger partial charge on any atom is 0.139 e. The highest BCUT2D eigenvalue weighted by molar-refractivity contribution is 6.37. The topological polar surface area (TPSA) is 82.9 Å². The molecular weight excluding hydrogens is 529 g/mol. The van der Waals surface area contributed by atoms with Gasteiger partial charge in [0.15, 0.2) is 0 Å². The molecule has 3 aromatic carbocycles. The van der Waals surface area contributed by atoms with E-state index in [-0.39, 0.29) is 0 Å². The number of hydrogen-bond acceptors (Lipinski definition) is 6. The lowest BCUT2D eigenvalue weighted by Crippen LogP contribution is -2.17. The van der Waals surface area contributed by atoms with E-state index in [0.717, 1.165) is 47.2 Å². The number of aromatic nitrogens is 2. The van der Waals surface area contributed by atoms with Crippen molar-refractivity contribution in [1.82, 2.24) is 15.3 Å². The van der Waals surface area contributed by atoms with Crippen LogP contribution in [0.2, 0.25) is 10.0 Å². The van der Waals surface area contributed by atoms with E-state index < -0.39 is 0 Å². The molecule has 0 amide bonds. The van der Waals surface area contributed by atoms with Gasteiger partial charge in [-0.2, -0.15) is 5.26 Å². The van der Waals surface area contributed by atoms with Crippen LogP contribution in [0.1, 0.15) is 16.8 Å². The molecule has 39 heavy (non-hydrogen) atoms. The van der Waals surface area contributed by atoms with Crippen molar-refractivity contribution in [3.05, 3.63) is 112 Å². The number of nitrogens with one attached hydrogen (secondary N) is 2. The predicted molar refractivity (Wildman–Crippen MR) is 158 cm³/mol. The molecule has 2 N–H and O–H groups in total. The zero-order valence-corrected chi connectivity index (χ0v) is 22.7. The van der Waals surface area contributed by atoms with Gasteiger partial charge in [-0.1, -0.05) is 65.7 Å². The van der Waals surface area contributed by atoms with Gasteiger partial charge in [-0.25, -0.2) is 0 Å². The van der Waals surface area contributed by atoms with Gasteiger partial charge in [-0.05, 0) is 41.0 Å². The molecule has 194 valence electrons. The van der Waals surface area contributed by atoms with Gasteiger partial charge in [0.25, 0.3) is 0 Å². The van der Waals surface area contributed by atoms with E-state index in [2.05, 4.69) is 50.9 Å². The summed E-state index contributed by atoms with van der Waals surface area (Å²) in [5.74, 6) is 0.481. The lowest BCUT2D eigenvalue weighted by Gasteiger charge is -2.15. The molecule has 0 atom stereocenters. The third kappa shape index (κ3) is 6.13. The normalized spacial score (nSPS) is 10.8. The van der Waals surface area contributed by atoms with Crippen molar-refractivity contribution in [2.24, 2.45) is 0 Å². The first kappa shape index (κ1) is 26.5. The average molecular weight is 554 g/mol. The lowest BCUT2D eigenvalue weighted by molar-refractivity contribution is 0.415. The van der Waals surface area contributed by atoms with Gasteiger partial charge in [-0.3, -0.25) is 9.97 Å². The van der Waals surface area contributed by atoms with Crippen LogP contribution < -0.4 is 15.4 Å². The molecule has 0 aliphatic carbocycles. The molecule has 0 saturated heterocycles. The summed E-state index contributed by atoms with van der Waals surface area (Å²) >= 11 is 12.6. The third-order valence-corrected chi connectivity index (χ3v) is 7.00. The van der Waals surface area contributed by atoms with Gasteiger partial charge in [0, 0.05) is 49.1 Å². The fourth-order valence-electron chi connectivity index (χ4n) is 4.32. The second-order valence-electron chi connectivity index (χ2n) is 8.93. The standard InChI is InChI=1S/C31H25Cl2N5O/c1-39-30-16-29(26(32)15-27(30)33)38-31-23(17-34)19-37-28-14-22(9-10-25(28)31)21-7-5-20(6-8-21)18-35-13-11-24-4-2-3-12-36-24/h2-10,12,14-16,19,35H,11,13,18H2,1H3,(H,37,38). The van der Waals surface area contributed by atoms with Crippen molar-refractivity contribution in [3.8, 4) is 22.9 Å². The molecule has 0 saturated carbocycles. The highest BCUT2D eigenvalue weighted by Gasteiger charge is 2.14. The Morgan fingerprint density at radius 3 is 2.49 bits per heavy atom. The van der Waals surface area contributed by atoms with Gasteiger partial charge < -0.3 is 15.4 Å². The number of methoxy groups -OCH3 is 1. The van der Waals surface area contributed by atoms with Crippen molar-refractivity contribution in [3.63, 3.8) is 0 Å². The molecule has 0 bridgehead atoms. The molecule has 5 aromatic rings. The Kier molecular flexibility index (Phi) is 8.24. The van der Waals surface area contributed by atoms with Crippen molar-refractivity contribution in [2.75, 3.05) is 19.0 Å². The number of nitrogens with zero attached hydrogens (tertiary/aromatic N) is 3. The number of halogens is 2. The number of pyridine rings is 2. The van der Waals surface area contributed by atoms with Crippen LogP contribution in [0.4, 0.5) is 11.4 Å². The van der Waals surface area contributed by atoms with Gasteiger partial charge in [0.05, 0.1) is 39.6 Å². The molecule has 2 heterocycles. The summed E-state index contributed by atoms with van der Waals surface area (Å²) < 4.78 is 5.33. The van der Waals surface area contributed by atoms with E-state index >= 15 is 0 Å². The third-order valence-electron chi connectivity index (χ3n) is 6.39. The number of rotatable bonds is 9. The number of fused-ring (bicyclic) bond motifs is 1. The zero-order chi connectivity index (χ0) is 27.2. The summed E-state index contributed by atoms with van der Waals surface area (Å²) in [6.45, 7) is 1.65. The van der Waals surface area contributed by atoms with E-state index in [1.54, 1.807) is 18.3 Å². The summed E-state index contributed by atoms with van der Waals surface area (Å²) in [6, 6.07) is 26.0. The summed E-state index contributed by atoms with van der Waals surface area (Å²) in [5.41, 5.74) is 6.77. The summed E-state index contributed by atoms with van der Waals surface area (Å²) in [7, 11) is 1.54. The minimum Gasteiger partial charge on any atom is -0.495 e. The molecule has 0 radical (unpaired) electrons. The maximum atomic E-state index is 9.75. The van der Waals surface area contributed by atoms with Gasteiger partial charge in [0.1, 0.15) is 11.8 Å². The highest BCUT2D eigenvalue weighted by Crippen LogP contribution is 2.38. The van der Waals surface area contributed by atoms with Crippen molar-refractivity contribution < 1.29 is 4.74 Å². The first-order valence-electron chi connectivity index (χ1n) is 12.4. The Bertz CT molecular complexity index is 1650. The zero-order valence-electron chi connectivity index (χ0n) is 21.2. The van der Waals surface area contributed by atoms with Crippen LogP contribution in [0.5, 0.6) is 5.75 Å². The van der Waals surface area contributed by atoms with E-state index in [9.17, 15) is 5.26 Å². The second kappa shape index (κ2) is 12.1. The number of benzene rings is 3. The summed E-state index contributed by atoms with van der Waals surface area (Å²) in [4.78, 5) is 8.91. The molecule has 2 aromatic heterocycles. The molecule has 0 fully saturated rings. The van der Waals surface area contributed by atoms with Crippen molar-refractivity contribution >= 4 is 45.5 Å². The number of anilines is 2. The van der Waals surface area contributed by atoms with Crippen LogP contribution >= 0.6 is 23.2 Å². The minimum atomic E-state index is 0.403. The summed E-state index contributed by atoms with van der Waals surface area (Å²) in [5, 5.41) is 18.1. The molecule has 0 unspecified atom stereocenters. The molecular formula is C31H25Cl2N5O. The Labute approximate surface area is 237 Å². The highest BCUT2D eigenvalue weighted by atomic mass is 35.5. The smallest absolute Gasteiger partial charge is 0.139 e. The van der Waals surface area contributed by atoms with Crippen LogP contribution in [-0.4, -0.2) is 23.6 Å². The fourth-order valence-corrected chi connectivity index (χ4v) is 4.83. The summed E-state index contributed by atoms with van der Waals surface area (Å²) in [6.07, 6.45) is 4.28. The van der Waals surface area contributed by atoms with Crippen molar-refractivity contribution in [1.29, 1.82) is 5.26 Å². The van der Waals surface area contributed by atoms with E-state index in [0.29, 0.717) is 32.7 Å². The van der Waals surface area contributed by atoms with Gasteiger partial charge >= 0.3 is 0 Å². The Hall–Kier alpha value is -4.15. The Morgan fingerprint density at radius 1 is 0.923 bits per heavy atom. The maximum absolute atomic E-state index is 9.75. The SMILES string of the molecule is COc1cc(Nc2c(C#N)cnc3cc(-c4ccc(CNCCc5ccccn5)cc4)ccc23)c(Cl)cc1Cl. The number of ether oxygens (including phenoxy) is 1. The second-order valence-corrected chi connectivity index (χ2v) is 9.74. The molecule has 6 nitrogen and oxygen atoms in total. The van der Waals surface area contributed by atoms with Crippen LogP contribution in [0.3, 0.4) is 0 Å². The molecule has 8 heteroatoms. The molecule has 0 spiro atoms. The van der Waals surface area contributed by atoms with Crippen LogP contribution in [0, 0.1) is 11.3 Å². The van der Waals surface area contributed by atoms with Gasteiger partial charge in [0.2, 0.25) is 0 Å². The van der Waals surface area contributed by atoms with E-state index in [1.807, 2.05) is 42.6 Å². The van der Waals surface area contributed by atoms with Crippen molar-refractivity contribution in [2.45, 2.75) is 13.0 Å². The van der Waals surface area contributed by atoms with E-state index in [4.69, 9.17) is 27.9 Å². The average Bonchev–Trinajstić information content (AvgIpc) is 2.97. The van der Waals surface area contributed by atoms with Crippen LogP contribution in [0.25, 0.3) is 22.0 Å². The quantitative estimate of drug-likeness (QED) is 0.183. The number of hydrogen-bond donors (Lipinski definition) is 2. The van der Waals surface area contributed by atoms with Gasteiger partial charge in [-0.15, -0.1) is 0 Å². The Morgan fingerprint density at radius 2 is 1.74 bits per heavy atom. The fraction of sp³-hybridized carbons (Fsp3) is 0.129. The first-order chi connectivity index (χ1) is 19.1. The molecule has 5 rings (SSSR count). The largest absolute Gasteiger partial charge is 0.495 e. The predicted octanol–water partition coefficient (Wildman–Crippen LogP) is 7.56.